The lowest BCUT2D eigenvalue weighted by atomic mass is 10.2. The van der Waals surface area contributed by atoms with E-state index in [1.807, 2.05) is 0 Å². The van der Waals surface area contributed by atoms with Crippen molar-refractivity contribution in [3.8, 4) is 0 Å². The molecule has 1 amide bonds. The Bertz CT molecular complexity index is 541. The van der Waals surface area contributed by atoms with E-state index >= 15 is 0 Å². The first-order valence-electron chi connectivity index (χ1n) is 5.10. The van der Waals surface area contributed by atoms with Crippen LogP contribution < -0.4 is 0 Å². The largest absolute Gasteiger partial charge is 0.351 e. The van der Waals surface area contributed by atoms with Crippen LogP contribution in [0.15, 0.2) is 28.6 Å². The van der Waals surface area contributed by atoms with Gasteiger partial charge in [-0.3, -0.25) is 4.79 Å². The van der Waals surface area contributed by atoms with Crippen LogP contribution in [0.5, 0.6) is 0 Å². The fourth-order valence-corrected chi connectivity index (χ4v) is 2.21. The van der Waals surface area contributed by atoms with Gasteiger partial charge in [-0.25, -0.2) is 4.39 Å². The van der Waals surface area contributed by atoms with Gasteiger partial charge in [0.2, 0.25) is 0 Å². The summed E-state index contributed by atoms with van der Waals surface area (Å²) in [7, 11) is 0. The summed E-state index contributed by atoms with van der Waals surface area (Å²) in [6, 6.07) is 1.65. The number of hydrogen-bond donors (Lipinski definition) is 1. The molecule has 1 N–H and O–H groups in total. The summed E-state index contributed by atoms with van der Waals surface area (Å²) >= 11 is 8.32. The van der Waals surface area contributed by atoms with Crippen LogP contribution in [-0.4, -0.2) is 28.9 Å². The van der Waals surface area contributed by atoms with E-state index in [1.165, 1.54) is 11.0 Å². The van der Waals surface area contributed by atoms with Gasteiger partial charge in [-0.1, -0.05) is 12.2 Å². The Morgan fingerprint density at radius 3 is 3.06 bits per heavy atom. The van der Waals surface area contributed by atoms with E-state index in [4.69, 9.17) is 12.2 Å². The van der Waals surface area contributed by atoms with Gasteiger partial charge in [0.05, 0.1) is 12.1 Å². The second-order valence-corrected chi connectivity index (χ2v) is 5.05. The van der Waals surface area contributed by atoms with Crippen LogP contribution in [0.1, 0.15) is 16.8 Å². The van der Waals surface area contributed by atoms with Gasteiger partial charge in [0.1, 0.15) is 10.5 Å². The van der Waals surface area contributed by atoms with Crippen molar-refractivity contribution in [3.05, 3.63) is 38.8 Å². The van der Waals surface area contributed by atoms with E-state index in [1.54, 1.807) is 12.3 Å². The summed E-state index contributed by atoms with van der Waals surface area (Å²) in [4.78, 5) is 16.4. The molecule has 1 aromatic heterocycles. The van der Waals surface area contributed by atoms with Gasteiger partial charge in [0, 0.05) is 17.2 Å². The van der Waals surface area contributed by atoms with Crippen LogP contribution in [-0.2, 0) is 0 Å². The molecule has 1 aromatic rings. The number of nitrogens with zero attached hydrogens (tertiary/aromatic N) is 1. The van der Waals surface area contributed by atoms with Gasteiger partial charge in [-0.2, -0.15) is 0 Å². The molecule has 17 heavy (non-hydrogen) atoms. The second-order valence-electron chi connectivity index (χ2n) is 3.73. The third kappa shape index (κ3) is 2.81. The number of rotatable bonds is 1. The van der Waals surface area contributed by atoms with Gasteiger partial charge < -0.3 is 9.88 Å². The first-order valence-corrected chi connectivity index (χ1v) is 6.30. The molecule has 0 radical (unpaired) electrons. The van der Waals surface area contributed by atoms with Gasteiger partial charge in [-0.05, 0) is 34.5 Å². The summed E-state index contributed by atoms with van der Waals surface area (Å²) in [6.07, 6.45) is 3.71. The first kappa shape index (κ1) is 12.4. The van der Waals surface area contributed by atoms with Crippen LogP contribution >= 0.6 is 28.1 Å². The van der Waals surface area contributed by atoms with E-state index in [0.29, 0.717) is 23.2 Å². The molecule has 0 aliphatic carbocycles. The molecule has 0 aromatic carbocycles. The van der Waals surface area contributed by atoms with Crippen molar-refractivity contribution in [1.29, 1.82) is 0 Å². The minimum atomic E-state index is -0.269. The maximum absolute atomic E-state index is 13.1. The molecule has 0 spiro atoms. The molecule has 0 fully saturated rings. The number of halogens is 2. The molecule has 3 nitrogen and oxygen atoms in total. The zero-order valence-electron chi connectivity index (χ0n) is 8.87. The molecule has 2 heterocycles. The highest BCUT2D eigenvalue weighted by molar-refractivity contribution is 9.10. The van der Waals surface area contributed by atoms with Crippen LogP contribution in [0.3, 0.4) is 0 Å². The third-order valence-corrected chi connectivity index (χ3v) is 3.29. The van der Waals surface area contributed by atoms with E-state index in [2.05, 4.69) is 20.9 Å². The highest BCUT2D eigenvalue weighted by Gasteiger charge is 2.20. The van der Waals surface area contributed by atoms with Crippen molar-refractivity contribution in [2.45, 2.75) is 6.42 Å². The minimum Gasteiger partial charge on any atom is -0.351 e. The molecule has 6 heteroatoms. The van der Waals surface area contributed by atoms with E-state index in [-0.39, 0.29) is 18.3 Å². The predicted molar refractivity (Wildman–Crippen MR) is 69.0 cm³/mol. The van der Waals surface area contributed by atoms with Gasteiger partial charge in [-0.15, -0.1) is 0 Å². The van der Waals surface area contributed by atoms with Crippen LogP contribution in [0.4, 0.5) is 4.39 Å². The summed E-state index contributed by atoms with van der Waals surface area (Å²) in [5.74, 6) is -0.509. The molecule has 0 saturated heterocycles. The van der Waals surface area contributed by atoms with E-state index in [9.17, 15) is 9.18 Å². The lowest BCUT2D eigenvalue weighted by Gasteiger charge is -2.24. The third-order valence-electron chi connectivity index (χ3n) is 2.49. The molecule has 1 aliphatic heterocycles. The number of carbonyl (C=O) groups excluding carboxylic acids is 1. The Kier molecular flexibility index (Phi) is 3.73. The first-order chi connectivity index (χ1) is 8.08. The van der Waals surface area contributed by atoms with Gasteiger partial charge in [0.25, 0.3) is 5.91 Å². The van der Waals surface area contributed by atoms with Crippen LogP contribution in [0.2, 0.25) is 0 Å². The fourth-order valence-electron chi connectivity index (χ4n) is 1.66. The lowest BCUT2D eigenvalue weighted by molar-refractivity contribution is 0.0754. The Labute approximate surface area is 111 Å². The predicted octanol–water partition coefficient (Wildman–Crippen LogP) is 3.21. The van der Waals surface area contributed by atoms with Gasteiger partial charge in [0.15, 0.2) is 0 Å². The lowest BCUT2D eigenvalue weighted by Crippen LogP contribution is -2.35. The maximum atomic E-state index is 13.1. The molecule has 90 valence electrons. The number of carbonyl (C=O) groups is 1. The smallest absolute Gasteiger partial charge is 0.257 e. The van der Waals surface area contributed by atoms with E-state index in [0.717, 1.165) is 4.47 Å². The SMILES string of the molecule is O=C(c1cc(Br)c[nH]c1=S)N1CCC=C(F)C1. The normalized spacial score (nSPS) is 15.6. The standard InChI is InChI=1S/C11H10BrFN2OS/c12-7-4-9(10(17)14-5-7)11(16)15-3-1-2-8(13)6-15/h2,4-5H,1,3,6H2,(H,14,17). The Hall–Kier alpha value is -1.01. The average molecular weight is 317 g/mol. The van der Waals surface area contributed by atoms with Crippen molar-refractivity contribution in [3.63, 3.8) is 0 Å². The highest BCUT2D eigenvalue weighted by atomic mass is 79.9. The topological polar surface area (TPSA) is 36.1 Å². The highest BCUT2D eigenvalue weighted by Crippen LogP contribution is 2.17. The fraction of sp³-hybridized carbons (Fsp3) is 0.273. The number of H-pyrrole nitrogens is 1. The molecule has 1 aliphatic rings. The van der Waals surface area contributed by atoms with Crippen molar-refractivity contribution < 1.29 is 9.18 Å². The minimum absolute atomic E-state index is 0.0279. The number of aromatic amines is 1. The summed E-state index contributed by atoms with van der Waals surface area (Å²) < 4.78 is 14.2. The Morgan fingerprint density at radius 1 is 1.59 bits per heavy atom. The van der Waals surface area contributed by atoms with Crippen LogP contribution in [0.25, 0.3) is 0 Å². The number of pyridine rings is 1. The number of nitrogens with one attached hydrogen (secondary N) is 1. The Balaban J connectivity index is 2.28. The summed E-state index contributed by atoms with van der Waals surface area (Å²) in [6.45, 7) is 0.549. The van der Waals surface area contributed by atoms with Crippen molar-refractivity contribution in [2.75, 3.05) is 13.1 Å². The zero-order chi connectivity index (χ0) is 12.4. The Morgan fingerprint density at radius 2 is 2.35 bits per heavy atom. The average Bonchev–Trinajstić information content (AvgIpc) is 2.31. The summed E-state index contributed by atoms with van der Waals surface area (Å²) in [5, 5.41) is 0. The second kappa shape index (κ2) is 5.10. The molecular weight excluding hydrogens is 307 g/mol. The number of amides is 1. The van der Waals surface area contributed by atoms with Gasteiger partial charge >= 0.3 is 0 Å². The van der Waals surface area contributed by atoms with Crippen molar-refractivity contribution >= 4 is 34.1 Å². The number of hydrogen-bond acceptors (Lipinski definition) is 2. The maximum Gasteiger partial charge on any atom is 0.257 e. The molecule has 0 saturated carbocycles. The quantitative estimate of drug-likeness (QED) is 0.808. The van der Waals surface area contributed by atoms with Crippen LogP contribution in [0, 0.1) is 4.64 Å². The molecule has 0 unspecified atom stereocenters. The monoisotopic (exact) mass is 316 g/mol. The molecule has 0 bridgehead atoms. The molecular formula is C11H10BrFN2OS. The molecule has 0 atom stereocenters. The molecule has 2 rings (SSSR count). The summed E-state index contributed by atoms with van der Waals surface area (Å²) in [5.41, 5.74) is 0.393. The van der Waals surface area contributed by atoms with Crippen molar-refractivity contribution in [2.24, 2.45) is 0 Å². The zero-order valence-corrected chi connectivity index (χ0v) is 11.3. The number of aromatic nitrogens is 1. The van der Waals surface area contributed by atoms with E-state index < -0.39 is 0 Å². The van der Waals surface area contributed by atoms with Crippen molar-refractivity contribution in [1.82, 2.24) is 9.88 Å².